The quantitative estimate of drug-likeness (QED) is 0.795. The summed E-state index contributed by atoms with van der Waals surface area (Å²) >= 11 is 0. The number of methoxy groups -OCH3 is 2. The zero-order valence-corrected chi connectivity index (χ0v) is 16.2. The number of carbonyl (C=O) groups is 2. The second-order valence-electron chi connectivity index (χ2n) is 7.06. The highest BCUT2D eigenvalue weighted by molar-refractivity contribution is 5.87. The molecule has 6 nitrogen and oxygen atoms in total. The van der Waals surface area contributed by atoms with E-state index < -0.39 is 5.97 Å². The molecular formula is C22H25NO5. The largest absolute Gasteiger partial charge is 0.497 e. The summed E-state index contributed by atoms with van der Waals surface area (Å²) in [5, 5.41) is 8.98. The first-order valence-electron chi connectivity index (χ1n) is 9.31. The number of benzene rings is 2. The van der Waals surface area contributed by atoms with E-state index in [-0.39, 0.29) is 5.91 Å². The molecule has 1 atom stereocenters. The van der Waals surface area contributed by atoms with E-state index in [2.05, 4.69) is 0 Å². The number of amides is 1. The molecule has 1 N–H and O–H groups in total. The predicted molar refractivity (Wildman–Crippen MR) is 105 cm³/mol. The predicted octanol–water partition coefficient (Wildman–Crippen LogP) is 3.04. The highest BCUT2D eigenvalue weighted by atomic mass is 16.5. The smallest absolute Gasteiger partial charge is 0.335 e. The van der Waals surface area contributed by atoms with Crippen LogP contribution >= 0.6 is 0 Å². The average Bonchev–Trinajstić information content (AvgIpc) is 3.17. The van der Waals surface area contributed by atoms with Crippen LogP contribution in [-0.2, 0) is 17.6 Å². The highest BCUT2D eigenvalue weighted by Crippen LogP contribution is 2.27. The summed E-state index contributed by atoms with van der Waals surface area (Å²) in [7, 11) is 3.18. The molecule has 6 heteroatoms. The normalized spacial score (nSPS) is 16.1. The molecule has 1 amide bonds. The van der Waals surface area contributed by atoms with Crippen LogP contribution in [0.3, 0.4) is 0 Å². The van der Waals surface area contributed by atoms with E-state index in [0.29, 0.717) is 29.4 Å². The summed E-state index contributed by atoms with van der Waals surface area (Å²) in [5.74, 6) is 0.910. The Hall–Kier alpha value is -3.02. The summed E-state index contributed by atoms with van der Waals surface area (Å²) < 4.78 is 10.6. The zero-order valence-electron chi connectivity index (χ0n) is 16.2. The van der Waals surface area contributed by atoms with Gasteiger partial charge in [0.2, 0.25) is 5.91 Å². The number of carboxylic acid groups (broad SMARTS) is 1. The molecule has 1 heterocycles. The maximum atomic E-state index is 12.7. The van der Waals surface area contributed by atoms with E-state index in [0.717, 1.165) is 37.1 Å². The van der Waals surface area contributed by atoms with Crippen LogP contribution in [0.25, 0.3) is 0 Å². The fourth-order valence-electron chi connectivity index (χ4n) is 3.62. The van der Waals surface area contributed by atoms with Gasteiger partial charge in [-0.25, -0.2) is 4.79 Å². The van der Waals surface area contributed by atoms with Crippen LogP contribution in [-0.4, -0.2) is 49.2 Å². The second-order valence-corrected chi connectivity index (χ2v) is 7.06. The van der Waals surface area contributed by atoms with E-state index in [1.54, 1.807) is 32.4 Å². The Bertz CT molecular complexity index is 847. The van der Waals surface area contributed by atoms with Crippen molar-refractivity contribution in [3.63, 3.8) is 0 Å². The minimum absolute atomic E-state index is 0.0900. The Morgan fingerprint density at radius 3 is 2.50 bits per heavy atom. The van der Waals surface area contributed by atoms with Crippen molar-refractivity contribution in [2.75, 3.05) is 27.3 Å². The van der Waals surface area contributed by atoms with Crippen molar-refractivity contribution in [2.45, 2.75) is 19.3 Å². The van der Waals surface area contributed by atoms with Gasteiger partial charge >= 0.3 is 5.97 Å². The first-order valence-corrected chi connectivity index (χ1v) is 9.31. The van der Waals surface area contributed by atoms with Gasteiger partial charge in [-0.15, -0.1) is 0 Å². The number of rotatable bonds is 7. The van der Waals surface area contributed by atoms with Gasteiger partial charge in [-0.1, -0.05) is 18.2 Å². The standard InChI is InChI=1S/C22H25NO5/c1-27-19-8-7-18(20(13-19)28-2)12-21(24)23-10-9-16(14-23)11-15-3-5-17(6-4-15)22(25)26/h3-8,13,16H,9-12,14H2,1-2H3,(H,25,26). The van der Waals surface area contributed by atoms with Crippen molar-refractivity contribution in [1.29, 1.82) is 0 Å². The molecule has 1 saturated heterocycles. The average molecular weight is 383 g/mol. The summed E-state index contributed by atoms with van der Waals surface area (Å²) in [6, 6.07) is 12.5. The number of aromatic carboxylic acids is 1. The molecule has 1 aliphatic heterocycles. The Balaban J connectivity index is 1.57. The number of carboxylic acids is 1. The molecule has 0 saturated carbocycles. The molecular weight excluding hydrogens is 358 g/mol. The van der Waals surface area contributed by atoms with Gasteiger partial charge in [0, 0.05) is 24.7 Å². The van der Waals surface area contributed by atoms with Crippen molar-refractivity contribution in [1.82, 2.24) is 4.90 Å². The molecule has 2 aromatic carbocycles. The second kappa shape index (κ2) is 8.78. The minimum atomic E-state index is -0.918. The Morgan fingerprint density at radius 1 is 1.11 bits per heavy atom. The summed E-state index contributed by atoms with van der Waals surface area (Å²) in [6.07, 6.45) is 2.09. The van der Waals surface area contributed by atoms with Gasteiger partial charge in [0.25, 0.3) is 0 Å². The summed E-state index contributed by atoms with van der Waals surface area (Å²) in [5.41, 5.74) is 2.24. The van der Waals surface area contributed by atoms with Gasteiger partial charge in [0.1, 0.15) is 11.5 Å². The van der Waals surface area contributed by atoms with E-state index in [9.17, 15) is 9.59 Å². The monoisotopic (exact) mass is 383 g/mol. The lowest BCUT2D eigenvalue weighted by Gasteiger charge is -2.18. The minimum Gasteiger partial charge on any atom is -0.497 e. The number of likely N-dealkylation sites (tertiary alicyclic amines) is 1. The van der Waals surface area contributed by atoms with E-state index in [1.807, 2.05) is 29.2 Å². The number of ether oxygens (including phenoxy) is 2. The fourth-order valence-corrected chi connectivity index (χ4v) is 3.62. The molecule has 0 bridgehead atoms. The molecule has 2 aromatic rings. The first kappa shape index (κ1) is 19.7. The zero-order chi connectivity index (χ0) is 20.1. The lowest BCUT2D eigenvalue weighted by molar-refractivity contribution is -0.129. The van der Waals surface area contributed by atoms with Crippen molar-refractivity contribution < 1.29 is 24.2 Å². The van der Waals surface area contributed by atoms with Crippen molar-refractivity contribution in [3.05, 3.63) is 59.2 Å². The van der Waals surface area contributed by atoms with Crippen LogP contribution in [0.2, 0.25) is 0 Å². The van der Waals surface area contributed by atoms with Gasteiger partial charge in [-0.2, -0.15) is 0 Å². The number of hydrogen-bond acceptors (Lipinski definition) is 4. The van der Waals surface area contributed by atoms with Crippen LogP contribution in [0.5, 0.6) is 11.5 Å². The van der Waals surface area contributed by atoms with Crippen molar-refractivity contribution >= 4 is 11.9 Å². The summed E-state index contributed by atoms with van der Waals surface area (Å²) in [4.78, 5) is 25.6. The Kier molecular flexibility index (Phi) is 6.19. The van der Waals surface area contributed by atoms with Gasteiger partial charge in [-0.05, 0) is 42.5 Å². The third-order valence-electron chi connectivity index (χ3n) is 5.20. The van der Waals surface area contributed by atoms with Gasteiger partial charge in [0.05, 0.1) is 26.2 Å². The molecule has 1 fully saturated rings. The van der Waals surface area contributed by atoms with Crippen LogP contribution < -0.4 is 9.47 Å². The van der Waals surface area contributed by atoms with Crippen LogP contribution in [0.1, 0.15) is 27.9 Å². The molecule has 3 rings (SSSR count). The number of carbonyl (C=O) groups excluding carboxylic acids is 1. The van der Waals surface area contributed by atoms with Crippen LogP contribution in [0, 0.1) is 5.92 Å². The molecule has 0 aromatic heterocycles. The Morgan fingerprint density at radius 2 is 1.86 bits per heavy atom. The third-order valence-corrected chi connectivity index (χ3v) is 5.20. The first-order chi connectivity index (χ1) is 13.5. The molecule has 1 aliphatic rings. The summed E-state index contributed by atoms with van der Waals surface area (Å²) in [6.45, 7) is 1.47. The van der Waals surface area contributed by atoms with E-state index in [4.69, 9.17) is 14.6 Å². The van der Waals surface area contributed by atoms with Crippen LogP contribution in [0.4, 0.5) is 0 Å². The lowest BCUT2D eigenvalue weighted by atomic mass is 9.98. The molecule has 28 heavy (non-hydrogen) atoms. The van der Waals surface area contributed by atoms with Gasteiger partial charge in [0.15, 0.2) is 0 Å². The van der Waals surface area contributed by atoms with Crippen LogP contribution in [0.15, 0.2) is 42.5 Å². The molecule has 148 valence electrons. The lowest BCUT2D eigenvalue weighted by Crippen LogP contribution is -2.30. The van der Waals surface area contributed by atoms with Gasteiger partial charge in [-0.3, -0.25) is 4.79 Å². The third kappa shape index (κ3) is 4.63. The SMILES string of the molecule is COc1ccc(CC(=O)N2CCC(Cc3ccc(C(=O)O)cc3)C2)c(OC)c1. The van der Waals surface area contributed by atoms with Gasteiger partial charge < -0.3 is 19.5 Å². The molecule has 0 spiro atoms. The fraction of sp³-hybridized carbons (Fsp3) is 0.364. The highest BCUT2D eigenvalue weighted by Gasteiger charge is 2.27. The Labute approximate surface area is 164 Å². The maximum absolute atomic E-state index is 12.7. The maximum Gasteiger partial charge on any atom is 0.335 e. The molecule has 0 radical (unpaired) electrons. The van der Waals surface area contributed by atoms with Crippen molar-refractivity contribution in [2.24, 2.45) is 5.92 Å². The number of hydrogen-bond donors (Lipinski definition) is 1. The molecule has 0 aliphatic carbocycles. The molecule has 1 unspecified atom stereocenters. The van der Waals surface area contributed by atoms with Crippen molar-refractivity contribution in [3.8, 4) is 11.5 Å². The van der Waals surface area contributed by atoms with E-state index >= 15 is 0 Å². The topological polar surface area (TPSA) is 76.1 Å². The number of nitrogens with zero attached hydrogens (tertiary/aromatic N) is 1. The van der Waals surface area contributed by atoms with E-state index in [1.165, 1.54) is 0 Å².